The molecule has 1 aromatic heterocycles. The number of halogens is 2. The standard InChI is InChI=1S/C18H17Cl2N3O2/c1-12(14-3-2-4-15(19)8-14)21-9-13-5-6-16(20)17(7-13)24-10-18-22-11-25-23-18/h2-8,11-12,21H,9-10H2,1H3/t12-/m1/s1. The Morgan fingerprint density at radius 3 is 2.84 bits per heavy atom. The van der Waals surface area contributed by atoms with Crippen molar-refractivity contribution in [2.45, 2.75) is 26.1 Å². The molecule has 0 bridgehead atoms. The summed E-state index contributed by atoms with van der Waals surface area (Å²) in [5, 5.41) is 8.44. The second-order valence-corrected chi connectivity index (χ2v) is 6.40. The zero-order valence-corrected chi connectivity index (χ0v) is 15.1. The first-order valence-corrected chi connectivity index (χ1v) is 8.53. The van der Waals surface area contributed by atoms with Crippen molar-refractivity contribution in [1.82, 2.24) is 15.5 Å². The highest BCUT2D eigenvalue weighted by Gasteiger charge is 2.09. The van der Waals surface area contributed by atoms with Crippen LogP contribution in [0.1, 0.15) is 29.9 Å². The van der Waals surface area contributed by atoms with Crippen LogP contribution in [0.4, 0.5) is 0 Å². The Kier molecular flexibility index (Phi) is 5.91. The van der Waals surface area contributed by atoms with Crippen LogP contribution in [0.3, 0.4) is 0 Å². The molecule has 5 nitrogen and oxygen atoms in total. The Balaban J connectivity index is 1.61. The van der Waals surface area contributed by atoms with Crippen molar-refractivity contribution >= 4 is 23.2 Å². The predicted molar refractivity (Wildman–Crippen MR) is 96.8 cm³/mol. The minimum atomic E-state index is 0.165. The van der Waals surface area contributed by atoms with Gasteiger partial charge in [-0.2, -0.15) is 4.98 Å². The van der Waals surface area contributed by atoms with Crippen LogP contribution in [0.25, 0.3) is 0 Å². The summed E-state index contributed by atoms with van der Waals surface area (Å²) in [4.78, 5) is 3.91. The third kappa shape index (κ3) is 4.95. The van der Waals surface area contributed by atoms with Crippen molar-refractivity contribution in [3.8, 4) is 5.75 Å². The molecular weight excluding hydrogens is 361 g/mol. The molecule has 0 aliphatic rings. The Morgan fingerprint density at radius 2 is 2.08 bits per heavy atom. The van der Waals surface area contributed by atoms with Gasteiger partial charge >= 0.3 is 0 Å². The van der Waals surface area contributed by atoms with Gasteiger partial charge in [0, 0.05) is 17.6 Å². The Labute approximate surface area is 155 Å². The Bertz CT molecular complexity index is 825. The molecule has 0 fully saturated rings. The van der Waals surface area contributed by atoms with E-state index in [4.69, 9.17) is 27.9 Å². The highest BCUT2D eigenvalue weighted by molar-refractivity contribution is 6.32. The van der Waals surface area contributed by atoms with Crippen LogP contribution in [-0.4, -0.2) is 10.1 Å². The van der Waals surface area contributed by atoms with Gasteiger partial charge < -0.3 is 14.6 Å². The molecular formula is C18H17Cl2N3O2. The number of hydrogen-bond acceptors (Lipinski definition) is 5. The predicted octanol–water partition coefficient (Wildman–Crippen LogP) is 4.81. The molecule has 0 unspecified atom stereocenters. The summed E-state index contributed by atoms with van der Waals surface area (Å²) in [6.45, 7) is 2.96. The summed E-state index contributed by atoms with van der Waals surface area (Å²) in [6, 6.07) is 13.7. The van der Waals surface area contributed by atoms with Gasteiger partial charge in [-0.25, -0.2) is 0 Å². The maximum absolute atomic E-state index is 6.19. The van der Waals surface area contributed by atoms with Gasteiger partial charge in [-0.1, -0.05) is 46.6 Å². The number of benzene rings is 2. The quantitative estimate of drug-likeness (QED) is 0.640. The molecule has 0 aliphatic carbocycles. The third-order valence-electron chi connectivity index (χ3n) is 3.72. The van der Waals surface area contributed by atoms with Gasteiger partial charge in [-0.3, -0.25) is 0 Å². The maximum Gasteiger partial charge on any atom is 0.213 e. The topological polar surface area (TPSA) is 60.2 Å². The summed E-state index contributed by atoms with van der Waals surface area (Å²) < 4.78 is 10.3. The van der Waals surface area contributed by atoms with Crippen molar-refractivity contribution in [3.63, 3.8) is 0 Å². The minimum absolute atomic E-state index is 0.165. The lowest BCUT2D eigenvalue weighted by Crippen LogP contribution is -2.18. The van der Waals surface area contributed by atoms with Gasteiger partial charge in [-0.05, 0) is 42.3 Å². The molecule has 130 valence electrons. The van der Waals surface area contributed by atoms with Gasteiger partial charge in [-0.15, -0.1) is 0 Å². The first kappa shape index (κ1) is 17.7. The second kappa shape index (κ2) is 8.34. The van der Waals surface area contributed by atoms with Gasteiger partial charge in [0.2, 0.25) is 12.2 Å². The lowest BCUT2D eigenvalue weighted by molar-refractivity contribution is 0.286. The zero-order chi connectivity index (χ0) is 17.6. The van der Waals surface area contributed by atoms with E-state index in [1.807, 2.05) is 42.5 Å². The minimum Gasteiger partial charge on any atom is -0.484 e. The van der Waals surface area contributed by atoms with E-state index in [-0.39, 0.29) is 12.6 Å². The fourth-order valence-corrected chi connectivity index (χ4v) is 2.70. The van der Waals surface area contributed by atoms with Crippen molar-refractivity contribution in [2.75, 3.05) is 0 Å². The highest BCUT2D eigenvalue weighted by Crippen LogP contribution is 2.26. The monoisotopic (exact) mass is 377 g/mol. The molecule has 0 radical (unpaired) electrons. The lowest BCUT2D eigenvalue weighted by Gasteiger charge is -2.15. The molecule has 0 aliphatic heterocycles. The van der Waals surface area contributed by atoms with Crippen molar-refractivity contribution < 1.29 is 9.26 Å². The molecule has 0 amide bonds. The first-order valence-electron chi connectivity index (χ1n) is 7.77. The number of nitrogens with zero attached hydrogens (tertiary/aromatic N) is 2. The summed E-state index contributed by atoms with van der Waals surface area (Å²) in [6.07, 6.45) is 1.26. The summed E-state index contributed by atoms with van der Waals surface area (Å²) in [5.74, 6) is 1.05. The SMILES string of the molecule is C[C@@H](NCc1ccc(Cl)c(OCc2ncon2)c1)c1cccc(Cl)c1. The van der Waals surface area contributed by atoms with Crippen LogP contribution in [0, 0.1) is 0 Å². The highest BCUT2D eigenvalue weighted by atomic mass is 35.5. The molecule has 0 saturated heterocycles. The zero-order valence-electron chi connectivity index (χ0n) is 13.6. The molecule has 3 aromatic rings. The molecule has 1 N–H and O–H groups in total. The number of hydrogen-bond donors (Lipinski definition) is 1. The van der Waals surface area contributed by atoms with E-state index in [1.165, 1.54) is 6.39 Å². The van der Waals surface area contributed by atoms with E-state index in [2.05, 4.69) is 26.9 Å². The molecule has 2 aromatic carbocycles. The molecule has 3 rings (SSSR count). The molecule has 1 atom stereocenters. The van der Waals surface area contributed by atoms with Crippen LogP contribution in [0.15, 0.2) is 53.4 Å². The van der Waals surface area contributed by atoms with Crippen LogP contribution in [0.5, 0.6) is 5.75 Å². The summed E-state index contributed by atoms with van der Waals surface area (Å²) >= 11 is 12.2. The van der Waals surface area contributed by atoms with Gasteiger partial charge in [0.05, 0.1) is 5.02 Å². The Hall–Kier alpha value is -2.08. The van der Waals surface area contributed by atoms with Crippen molar-refractivity contribution in [3.05, 3.63) is 75.9 Å². The van der Waals surface area contributed by atoms with Crippen molar-refractivity contribution in [2.24, 2.45) is 0 Å². The largest absolute Gasteiger partial charge is 0.484 e. The van der Waals surface area contributed by atoms with E-state index < -0.39 is 0 Å². The number of nitrogens with one attached hydrogen (secondary N) is 1. The van der Waals surface area contributed by atoms with Crippen molar-refractivity contribution in [1.29, 1.82) is 0 Å². The van der Waals surface area contributed by atoms with E-state index in [0.717, 1.165) is 16.1 Å². The van der Waals surface area contributed by atoms with E-state index in [9.17, 15) is 0 Å². The van der Waals surface area contributed by atoms with Gasteiger partial charge in [0.15, 0.2) is 6.61 Å². The normalized spacial score (nSPS) is 12.1. The first-order chi connectivity index (χ1) is 12.1. The van der Waals surface area contributed by atoms with Gasteiger partial charge in [0.25, 0.3) is 0 Å². The van der Waals surface area contributed by atoms with Crippen LogP contribution < -0.4 is 10.1 Å². The number of aromatic nitrogens is 2. The van der Waals surface area contributed by atoms with Crippen LogP contribution >= 0.6 is 23.2 Å². The fourth-order valence-electron chi connectivity index (χ4n) is 2.33. The van der Waals surface area contributed by atoms with E-state index >= 15 is 0 Å². The smallest absolute Gasteiger partial charge is 0.213 e. The number of rotatable bonds is 7. The molecule has 1 heterocycles. The average molecular weight is 378 g/mol. The van der Waals surface area contributed by atoms with Crippen LogP contribution in [0.2, 0.25) is 10.0 Å². The summed E-state index contributed by atoms with van der Waals surface area (Å²) in [7, 11) is 0. The molecule has 25 heavy (non-hydrogen) atoms. The van der Waals surface area contributed by atoms with Gasteiger partial charge in [0.1, 0.15) is 5.75 Å². The summed E-state index contributed by atoms with van der Waals surface area (Å²) in [5.41, 5.74) is 2.19. The third-order valence-corrected chi connectivity index (χ3v) is 4.27. The maximum atomic E-state index is 6.19. The second-order valence-electron chi connectivity index (χ2n) is 5.56. The average Bonchev–Trinajstić information content (AvgIpc) is 3.13. The molecule has 0 saturated carbocycles. The molecule has 0 spiro atoms. The van der Waals surface area contributed by atoms with E-state index in [0.29, 0.717) is 23.1 Å². The number of ether oxygens (including phenoxy) is 1. The fraction of sp³-hybridized carbons (Fsp3) is 0.222. The Morgan fingerprint density at radius 1 is 1.20 bits per heavy atom. The lowest BCUT2D eigenvalue weighted by atomic mass is 10.1. The van der Waals surface area contributed by atoms with E-state index in [1.54, 1.807) is 0 Å². The molecule has 7 heteroatoms. The van der Waals surface area contributed by atoms with Crippen LogP contribution in [-0.2, 0) is 13.2 Å².